The number of ether oxygens (including phenoxy) is 4. The number of piperidine rings is 1. The van der Waals surface area contributed by atoms with Crippen LogP contribution in [0, 0.1) is 28.1 Å². The molecule has 19 heteroatoms. The topological polar surface area (TPSA) is 237 Å². The van der Waals surface area contributed by atoms with E-state index < -0.39 is 35.6 Å². The first-order chi connectivity index (χ1) is 65.4. The van der Waals surface area contributed by atoms with E-state index in [9.17, 15) is 38.4 Å². The monoisotopic (exact) mass is 1850 g/mol. The summed E-state index contributed by atoms with van der Waals surface area (Å²) in [7, 11) is 4.84. The van der Waals surface area contributed by atoms with Gasteiger partial charge >= 0.3 is 23.9 Å². The number of dihydropyridines is 4. The van der Waals surface area contributed by atoms with Gasteiger partial charge in [0.2, 0.25) is 0 Å². The molecule has 6 aliphatic heterocycles. The molecule has 10 aliphatic rings. The van der Waals surface area contributed by atoms with Crippen LogP contribution >= 0.6 is 11.6 Å². The maximum absolute atomic E-state index is 13.7. The van der Waals surface area contributed by atoms with Crippen molar-refractivity contribution in [2.24, 2.45) is 28.1 Å². The molecular weight excluding hydrogens is 1720 g/mol. The zero-order valence-electron chi connectivity index (χ0n) is 81.3. The summed E-state index contributed by atoms with van der Waals surface area (Å²) in [4.78, 5) is 109. The van der Waals surface area contributed by atoms with Crippen molar-refractivity contribution < 1.29 is 57.3 Å². The number of halogens is 1. The molecule has 5 N–H and O–H groups in total. The van der Waals surface area contributed by atoms with Crippen molar-refractivity contribution in [1.29, 1.82) is 0 Å². The van der Waals surface area contributed by atoms with Crippen LogP contribution in [0.2, 0.25) is 5.02 Å². The number of likely N-dealkylation sites (N-methyl/N-ethyl adjacent to an activating group) is 1. The van der Waals surface area contributed by atoms with Crippen LogP contribution in [0.25, 0.3) is 44.5 Å². The number of hydrogen-bond acceptors (Lipinski definition) is 18. The molecule has 6 atom stereocenters. The van der Waals surface area contributed by atoms with Gasteiger partial charge in [0.15, 0.2) is 23.1 Å². The predicted molar refractivity (Wildman–Crippen MR) is 538 cm³/mol. The zero-order chi connectivity index (χ0) is 96.4. The summed E-state index contributed by atoms with van der Waals surface area (Å²) in [5.74, 6) is -1.73. The van der Waals surface area contributed by atoms with Gasteiger partial charge < -0.3 is 50.4 Å². The summed E-state index contributed by atoms with van der Waals surface area (Å²) in [5, 5.41) is 17.8. The Balaban J connectivity index is 0.000000139. The molecule has 0 radical (unpaired) electrons. The SMILES string of the molecule is CCC1=C(C(=O)OCC2CCCN2C)C(c2ccc(-c3ccccc3)cc2)C2=C(CC(C)(C)CC2=O)N1.CCC1=C(C(=O)OCCC2CCNCC2)C(c2ccc(-c3ccccc3)cc2)C2=C(CC(C)(C)CC2=O)N1.CCC1CC(=O)C2=C(C1)NC(C)=C(C(=O)OC)C2c1ccc(-c2ccccc2)cc1.COC(=O)C1=C(C)NC2=C(C(=O)CC(C)(C)C2)C1c1ccc(-c2cccc(Cl)c2)cc1. The molecule has 6 heterocycles. The van der Waals surface area contributed by atoms with Gasteiger partial charge in [-0.2, -0.15) is 0 Å². The highest BCUT2D eigenvalue weighted by Gasteiger charge is 2.49. The van der Waals surface area contributed by atoms with E-state index in [4.69, 9.17) is 30.5 Å². The predicted octanol–water partition coefficient (Wildman–Crippen LogP) is 23.2. The van der Waals surface area contributed by atoms with Gasteiger partial charge in [0.1, 0.15) is 6.61 Å². The normalized spacial score (nSPS) is 21.8. The smallest absolute Gasteiger partial charge is 0.336 e. The number of ketones is 4. The molecule has 0 bridgehead atoms. The Morgan fingerprint density at radius 2 is 0.757 bits per heavy atom. The van der Waals surface area contributed by atoms with E-state index in [1.807, 2.05) is 129 Å². The van der Waals surface area contributed by atoms with Gasteiger partial charge in [-0.3, -0.25) is 19.2 Å². The van der Waals surface area contributed by atoms with Crippen molar-refractivity contribution in [3.63, 3.8) is 0 Å². The third-order valence-corrected chi connectivity index (χ3v) is 28.9. The van der Waals surface area contributed by atoms with Gasteiger partial charge in [-0.1, -0.05) is 281 Å². The molecule has 4 aliphatic carbocycles. The first kappa shape index (κ1) is 98.2. The van der Waals surface area contributed by atoms with E-state index >= 15 is 0 Å². The first-order valence-electron chi connectivity index (χ1n) is 48.6. The molecule has 6 unspecified atom stereocenters. The third-order valence-electron chi connectivity index (χ3n) is 28.7. The van der Waals surface area contributed by atoms with Gasteiger partial charge in [0, 0.05) is 128 Å². The first-order valence-corrected chi connectivity index (χ1v) is 49.0. The van der Waals surface area contributed by atoms with E-state index in [-0.39, 0.29) is 57.4 Å². The Bertz CT molecular complexity index is 6130. The summed E-state index contributed by atoms with van der Waals surface area (Å²) in [6, 6.07) is 71.4. The molecule has 2 saturated heterocycles. The Hall–Kier alpha value is -12.4. The molecule has 0 aromatic heterocycles. The minimum Gasteiger partial charge on any atom is -0.466 e. The van der Waals surface area contributed by atoms with Crippen LogP contribution < -0.4 is 26.6 Å². The number of carbonyl (C=O) groups excluding carboxylic acids is 8. The fourth-order valence-corrected chi connectivity index (χ4v) is 21.9. The fourth-order valence-electron chi connectivity index (χ4n) is 21.7. The molecule has 0 amide bonds. The van der Waals surface area contributed by atoms with E-state index in [0.29, 0.717) is 96.5 Å². The summed E-state index contributed by atoms with van der Waals surface area (Å²) < 4.78 is 22.1. The largest absolute Gasteiger partial charge is 0.466 e. The number of methoxy groups -OCH3 is 2. The summed E-state index contributed by atoms with van der Waals surface area (Å²) in [6.45, 7) is 26.6. The summed E-state index contributed by atoms with van der Waals surface area (Å²) in [6.07, 6.45) is 12.7. The number of nitrogens with zero attached hydrogens (tertiary/aromatic N) is 1. The van der Waals surface area contributed by atoms with E-state index in [1.54, 1.807) is 0 Å². The number of rotatable bonds is 20. The lowest BCUT2D eigenvalue weighted by molar-refractivity contribution is -0.141. The van der Waals surface area contributed by atoms with Gasteiger partial charge in [0.25, 0.3) is 0 Å². The lowest BCUT2D eigenvalue weighted by atomic mass is 9.68. The van der Waals surface area contributed by atoms with Gasteiger partial charge in [-0.15, -0.1) is 0 Å². The molecule has 8 aromatic carbocycles. The average molecular weight is 1850 g/mol. The minimum absolute atomic E-state index is 0.0802. The Morgan fingerprint density at radius 1 is 0.397 bits per heavy atom. The second-order valence-corrected chi connectivity index (χ2v) is 40.8. The van der Waals surface area contributed by atoms with Crippen molar-refractivity contribution in [2.75, 3.05) is 54.1 Å². The molecule has 708 valence electrons. The van der Waals surface area contributed by atoms with Crippen molar-refractivity contribution in [2.45, 2.75) is 209 Å². The zero-order valence-corrected chi connectivity index (χ0v) is 82.1. The quantitative estimate of drug-likeness (QED) is 0.0352. The van der Waals surface area contributed by atoms with Crippen molar-refractivity contribution in [1.82, 2.24) is 31.5 Å². The molecule has 0 spiro atoms. The van der Waals surface area contributed by atoms with Crippen LogP contribution in [-0.4, -0.2) is 112 Å². The molecule has 136 heavy (non-hydrogen) atoms. The maximum Gasteiger partial charge on any atom is 0.336 e. The van der Waals surface area contributed by atoms with Crippen molar-refractivity contribution >= 4 is 58.6 Å². The van der Waals surface area contributed by atoms with Crippen LogP contribution in [-0.2, 0) is 57.3 Å². The van der Waals surface area contributed by atoms with E-state index in [0.717, 1.165) is 213 Å². The maximum atomic E-state index is 13.7. The second-order valence-electron chi connectivity index (χ2n) is 40.4. The molecular formula is C117H131ClN6O12. The van der Waals surface area contributed by atoms with Gasteiger partial charge in [-0.25, -0.2) is 19.2 Å². The standard InChI is InChI=1S/C33H40N2O3.C32H38N2O3.C26H26ClNO3.C26H27NO3/c1-4-26-31(32(37)38-19-16-22-14-17-34-18-15-22)29(30-27(35-26)20-33(2,3)21-28(30)36)25-12-10-24(11-13-25)23-8-6-5-7-9-23;1-5-25-30(31(36)37-20-24-12-9-17-34(24)4)28(29-26(33-25)18-32(2,3)19-27(29)35)23-15-13-22(14-16-23)21-10-7-6-8-11-21;1-15-22(25(30)31-4)23(24-20(28-15)13-26(2,3)14-21(24)29)17-10-8-16(9-11-17)18-6-5-7-19(27)12-18;1-4-17-14-21-25(22(28)15-17)24(23(16(2)27-21)26(29)30-3)20-12-10-19(11-13-20)18-8-6-5-7-9-18/h5-13,22,29,34-35H,4,14-21H2,1-3H3;6-8,10-11,13-16,24,28,33H,5,9,12,17-20H2,1-4H3;5-12,23,28H,13-14H2,1-4H3;5-13,17,24,27H,4,14-15H2,1-3H3. The highest BCUT2D eigenvalue weighted by atomic mass is 35.5. The lowest BCUT2D eigenvalue weighted by Crippen LogP contribution is -2.39. The van der Waals surface area contributed by atoms with Crippen LogP contribution in [0.5, 0.6) is 0 Å². The van der Waals surface area contributed by atoms with Crippen LogP contribution in [0.15, 0.2) is 302 Å². The number of carbonyl (C=O) groups is 8. The van der Waals surface area contributed by atoms with Crippen LogP contribution in [0.1, 0.15) is 225 Å². The molecule has 0 saturated carbocycles. The lowest BCUT2D eigenvalue weighted by Gasteiger charge is -2.40. The highest BCUT2D eigenvalue weighted by molar-refractivity contribution is 6.30. The number of Topliss-reactive ketones (excluding diaryl/α,β-unsaturated/α-hetero) is 4. The number of esters is 4. The molecule has 2 fully saturated rings. The van der Waals surface area contributed by atoms with Crippen molar-refractivity contribution in [3.05, 3.63) is 330 Å². The Kier molecular flexibility index (Phi) is 31.0. The highest BCUT2D eigenvalue weighted by Crippen LogP contribution is 2.53. The number of likely N-dealkylation sites (tertiary alicyclic amines) is 1. The number of benzene rings is 8. The minimum atomic E-state index is -0.444. The van der Waals surface area contributed by atoms with Crippen LogP contribution in [0.3, 0.4) is 0 Å². The Labute approximate surface area is 807 Å². The third kappa shape index (κ3) is 22.2. The van der Waals surface area contributed by atoms with E-state index in [1.165, 1.54) is 14.2 Å². The number of nitrogens with one attached hydrogen (secondary N) is 5. The van der Waals surface area contributed by atoms with Crippen molar-refractivity contribution in [3.8, 4) is 44.5 Å². The van der Waals surface area contributed by atoms with Gasteiger partial charge in [-0.05, 0) is 218 Å². The average Bonchev–Trinajstić information content (AvgIpc) is 0.804. The Morgan fingerprint density at radius 3 is 1.13 bits per heavy atom. The second kappa shape index (κ2) is 42.9. The molecule has 18 rings (SSSR count). The fraction of sp³-hybridized carbons (Fsp3) is 0.385. The number of hydrogen-bond donors (Lipinski definition) is 5. The number of allylic oxidation sites excluding steroid dienone is 12. The molecule has 18 nitrogen and oxygen atoms in total. The summed E-state index contributed by atoms with van der Waals surface area (Å²) in [5.41, 5.74) is 24.3. The summed E-state index contributed by atoms with van der Waals surface area (Å²) >= 11 is 6.14. The van der Waals surface area contributed by atoms with Gasteiger partial charge in [0.05, 0.1) is 43.1 Å². The van der Waals surface area contributed by atoms with E-state index in [2.05, 4.69) is 198 Å². The van der Waals surface area contributed by atoms with Crippen LogP contribution in [0.4, 0.5) is 0 Å². The molecule has 8 aromatic rings.